The maximum atomic E-state index is 9.71. The van der Waals surface area contributed by atoms with E-state index >= 15 is 0 Å². The largest absolute Gasteiger partial charge is 0.394 e. The summed E-state index contributed by atoms with van der Waals surface area (Å²) < 4.78 is 0. The molecule has 1 aliphatic carbocycles. The quantitative estimate of drug-likeness (QED) is 0.869. The van der Waals surface area contributed by atoms with Crippen LogP contribution in [0, 0.1) is 5.92 Å². The number of aryl methyl sites for hydroxylation is 1. The molecular formula is C16H24N2O. The van der Waals surface area contributed by atoms with Gasteiger partial charge in [0.2, 0.25) is 0 Å². The van der Waals surface area contributed by atoms with Crippen molar-refractivity contribution in [2.45, 2.75) is 44.2 Å². The van der Waals surface area contributed by atoms with Crippen molar-refractivity contribution in [3.8, 4) is 0 Å². The topological polar surface area (TPSA) is 49.5 Å². The zero-order chi connectivity index (χ0) is 13.5. The van der Waals surface area contributed by atoms with E-state index in [4.69, 9.17) is 5.73 Å². The first-order valence-corrected chi connectivity index (χ1v) is 7.38. The third kappa shape index (κ3) is 2.37. The van der Waals surface area contributed by atoms with Crippen LogP contribution in [0.3, 0.4) is 0 Å². The lowest BCUT2D eigenvalue weighted by molar-refractivity contribution is 0.177. The third-order valence-corrected chi connectivity index (χ3v) is 4.81. The molecule has 3 nitrogen and oxygen atoms in total. The van der Waals surface area contributed by atoms with Crippen LogP contribution >= 0.6 is 0 Å². The highest BCUT2D eigenvalue weighted by Gasteiger charge is 2.44. The Labute approximate surface area is 115 Å². The van der Waals surface area contributed by atoms with Gasteiger partial charge in [-0.05, 0) is 50.2 Å². The van der Waals surface area contributed by atoms with Crippen LogP contribution < -0.4 is 10.6 Å². The second kappa shape index (κ2) is 4.80. The number of nitrogens with two attached hydrogens (primary N) is 1. The molecule has 0 amide bonds. The van der Waals surface area contributed by atoms with E-state index in [-0.39, 0.29) is 6.61 Å². The second-order valence-corrected chi connectivity index (χ2v) is 6.31. The van der Waals surface area contributed by atoms with Crippen LogP contribution in [0.4, 0.5) is 5.69 Å². The van der Waals surface area contributed by atoms with Crippen LogP contribution in [-0.2, 0) is 6.42 Å². The lowest BCUT2D eigenvalue weighted by Crippen LogP contribution is -2.57. The van der Waals surface area contributed by atoms with Gasteiger partial charge in [-0.15, -0.1) is 0 Å². The first kappa shape index (κ1) is 12.9. The average Bonchev–Trinajstić information content (AvgIpc) is 3.27. The molecule has 3 heteroatoms. The number of aliphatic hydroxyl groups excluding tert-OH is 1. The molecular weight excluding hydrogens is 236 g/mol. The number of hydrogen-bond donors (Lipinski definition) is 2. The molecule has 2 atom stereocenters. The van der Waals surface area contributed by atoms with E-state index in [2.05, 4.69) is 36.1 Å². The Balaban J connectivity index is 1.87. The number of nitrogens with zero attached hydrogens (tertiary/aromatic N) is 1. The van der Waals surface area contributed by atoms with Crippen LogP contribution in [0.25, 0.3) is 0 Å². The maximum absolute atomic E-state index is 9.71. The van der Waals surface area contributed by atoms with E-state index in [1.807, 2.05) is 0 Å². The van der Waals surface area contributed by atoms with Gasteiger partial charge in [-0.1, -0.05) is 18.2 Å². The fourth-order valence-electron chi connectivity index (χ4n) is 3.28. The van der Waals surface area contributed by atoms with Crippen LogP contribution in [0.2, 0.25) is 0 Å². The minimum Gasteiger partial charge on any atom is -0.394 e. The molecule has 1 fully saturated rings. The number of aliphatic hydroxyl groups is 1. The highest BCUT2D eigenvalue weighted by Crippen LogP contribution is 2.40. The Bertz CT molecular complexity index is 458. The highest BCUT2D eigenvalue weighted by molar-refractivity contribution is 5.56. The molecule has 2 unspecified atom stereocenters. The van der Waals surface area contributed by atoms with Crippen molar-refractivity contribution in [1.82, 2.24) is 0 Å². The predicted octanol–water partition coefficient (Wildman–Crippen LogP) is 1.93. The van der Waals surface area contributed by atoms with Gasteiger partial charge in [0, 0.05) is 18.3 Å². The lowest BCUT2D eigenvalue weighted by Gasteiger charge is -2.42. The van der Waals surface area contributed by atoms with Gasteiger partial charge in [-0.25, -0.2) is 0 Å². The van der Waals surface area contributed by atoms with Crippen molar-refractivity contribution in [2.24, 2.45) is 11.7 Å². The van der Waals surface area contributed by atoms with Crippen molar-refractivity contribution in [3.05, 3.63) is 29.8 Å². The standard InChI is InChI=1S/C16H24N2O/c1-12-6-7-13-4-2-3-5-15(13)18(12)10-16(17,11-19)14-8-9-14/h2-5,12,14,19H,6-11,17H2,1H3. The van der Waals surface area contributed by atoms with Gasteiger partial charge in [-0.3, -0.25) is 0 Å². The molecule has 1 aromatic rings. The van der Waals surface area contributed by atoms with Crippen LogP contribution in [0.1, 0.15) is 31.7 Å². The summed E-state index contributed by atoms with van der Waals surface area (Å²) in [7, 11) is 0. The molecule has 3 N–H and O–H groups in total. The fraction of sp³-hybridized carbons (Fsp3) is 0.625. The van der Waals surface area contributed by atoms with E-state index in [9.17, 15) is 5.11 Å². The van der Waals surface area contributed by atoms with E-state index in [0.717, 1.165) is 13.0 Å². The molecule has 1 aromatic carbocycles. The van der Waals surface area contributed by atoms with Gasteiger partial charge in [0.05, 0.1) is 12.1 Å². The van der Waals surface area contributed by atoms with Crippen LogP contribution in [0.15, 0.2) is 24.3 Å². The minimum atomic E-state index is -0.432. The Hall–Kier alpha value is -1.06. The fourth-order valence-corrected chi connectivity index (χ4v) is 3.28. The molecule has 1 heterocycles. The van der Waals surface area contributed by atoms with Crippen LogP contribution in [-0.4, -0.2) is 29.8 Å². The van der Waals surface area contributed by atoms with Crippen molar-refractivity contribution >= 4 is 5.69 Å². The summed E-state index contributed by atoms with van der Waals surface area (Å²) in [6.45, 7) is 3.12. The lowest BCUT2D eigenvalue weighted by atomic mass is 9.90. The summed E-state index contributed by atoms with van der Waals surface area (Å²) in [6, 6.07) is 9.11. The molecule has 19 heavy (non-hydrogen) atoms. The summed E-state index contributed by atoms with van der Waals surface area (Å²) in [6.07, 6.45) is 4.65. The molecule has 1 aliphatic heterocycles. The van der Waals surface area contributed by atoms with Gasteiger partial charge < -0.3 is 15.7 Å². The number of para-hydroxylation sites is 1. The number of anilines is 1. The third-order valence-electron chi connectivity index (χ3n) is 4.81. The minimum absolute atomic E-state index is 0.0864. The Kier molecular flexibility index (Phi) is 3.27. The second-order valence-electron chi connectivity index (χ2n) is 6.31. The van der Waals surface area contributed by atoms with Crippen molar-refractivity contribution in [3.63, 3.8) is 0 Å². The number of hydrogen-bond acceptors (Lipinski definition) is 3. The molecule has 2 aliphatic rings. The Morgan fingerprint density at radius 3 is 2.74 bits per heavy atom. The van der Waals surface area contributed by atoms with Gasteiger partial charge >= 0.3 is 0 Å². The molecule has 3 rings (SSSR count). The summed E-state index contributed by atoms with van der Waals surface area (Å²) in [4.78, 5) is 2.41. The predicted molar refractivity (Wildman–Crippen MR) is 78.3 cm³/mol. The van der Waals surface area contributed by atoms with Crippen molar-refractivity contribution in [2.75, 3.05) is 18.1 Å². The number of benzene rings is 1. The maximum Gasteiger partial charge on any atom is 0.0631 e. The molecule has 0 saturated heterocycles. The number of fused-ring (bicyclic) bond motifs is 1. The first-order valence-electron chi connectivity index (χ1n) is 7.38. The normalized spacial score (nSPS) is 25.8. The molecule has 0 aromatic heterocycles. The summed E-state index contributed by atoms with van der Waals surface area (Å²) >= 11 is 0. The zero-order valence-electron chi connectivity index (χ0n) is 11.7. The molecule has 0 bridgehead atoms. The SMILES string of the molecule is CC1CCc2ccccc2N1CC(N)(CO)C1CC1. The zero-order valence-corrected chi connectivity index (χ0v) is 11.7. The monoisotopic (exact) mass is 260 g/mol. The Morgan fingerprint density at radius 2 is 2.05 bits per heavy atom. The molecule has 0 spiro atoms. The number of rotatable bonds is 4. The highest BCUT2D eigenvalue weighted by atomic mass is 16.3. The van der Waals surface area contributed by atoms with E-state index in [1.54, 1.807) is 0 Å². The van der Waals surface area contributed by atoms with E-state index in [1.165, 1.54) is 30.5 Å². The van der Waals surface area contributed by atoms with Gasteiger partial charge in [-0.2, -0.15) is 0 Å². The van der Waals surface area contributed by atoms with Gasteiger partial charge in [0.25, 0.3) is 0 Å². The molecule has 104 valence electrons. The van der Waals surface area contributed by atoms with Gasteiger partial charge in [0.15, 0.2) is 0 Å². The first-order chi connectivity index (χ1) is 9.14. The summed E-state index contributed by atoms with van der Waals surface area (Å²) in [5.41, 5.74) is 8.75. The van der Waals surface area contributed by atoms with Gasteiger partial charge in [0.1, 0.15) is 0 Å². The smallest absolute Gasteiger partial charge is 0.0631 e. The van der Waals surface area contributed by atoms with E-state index < -0.39 is 5.54 Å². The molecule has 0 radical (unpaired) electrons. The van der Waals surface area contributed by atoms with Crippen LogP contribution in [0.5, 0.6) is 0 Å². The molecule has 1 saturated carbocycles. The van der Waals surface area contributed by atoms with E-state index in [0.29, 0.717) is 12.0 Å². The summed E-state index contributed by atoms with van der Waals surface area (Å²) in [5, 5.41) is 9.71. The van der Waals surface area contributed by atoms with Crippen molar-refractivity contribution in [1.29, 1.82) is 0 Å². The average molecular weight is 260 g/mol. The Morgan fingerprint density at radius 1 is 1.32 bits per heavy atom. The summed E-state index contributed by atoms with van der Waals surface area (Å²) in [5.74, 6) is 0.499. The van der Waals surface area contributed by atoms with Crippen molar-refractivity contribution < 1.29 is 5.11 Å².